The number of aromatic nitrogens is 1. The van der Waals surface area contributed by atoms with Crippen molar-refractivity contribution >= 4 is 44.7 Å². The van der Waals surface area contributed by atoms with Crippen LogP contribution in [0.2, 0.25) is 0 Å². The van der Waals surface area contributed by atoms with E-state index in [0.29, 0.717) is 30.0 Å². The van der Waals surface area contributed by atoms with Gasteiger partial charge >= 0.3 is 0 Å². The molecule has 1 aliphatic rings. The topological polar surface area (TPSA) is 80.3 Å². The lowest BCUT2D eigenvalue weighted by Gasteiger charge is -2.18. The molecule has 0 unspecified atom stereocenters. The van der Waals surface area contributed by atoms with Crippen LogP contribution in [0.3, 0.4) is 0 Å². The summed E-state index contributed by atoms with van der Waals surface area (Å²) in [5, 5.41) is 6.51. The number of anilines is 2. The number of para-hydroxylation sites is 1. The van der Waals surface area contributed by atoms with Gasteiger partial charge in [-0.25, -0.2) is 4.98 Å². The molecule has 0 radical (unpaired) electrons. The number of benzene rings is 2. The van der Waals surface area contributed by atoms with Gasteiger partial charge < -0.3 is 15.4 Å². The Labute approximate surface area is 147 Å². The molecule has 1 aromatic heterocycles. The van der Waals surface area contributed by atoms with Gasteiger partial charge in [0.05, 0.1) is 20.9 Å². The van der Waals surface area contributed by atoms with Crippen molar-refractivity contribution in [3.8, 4) is 5.75 Å². The Kier molecular flexibility index (Phi) is 4.07. The minimum absolute atomic E-state index is 0.0148. The summed E-state index contributed by atoms with van der Waals surface area (Å²) < 4.78 is 6.43. The Bertz CT molecular complexity index is 934. The van der Waals surface area contributed by atoms with Crippen molar-refractivity contribution in [2.45, 2.75) is 12.8 Å². The number of fused-ring (bicyclic) bond motifs is 2. The van der Waals surface area contributed by atoms with E-state index in [4.69, 9.17) is 4.74 Å². The Morgan fingerprint density at radius 1 is 1.28 bits per heavy atom. The highest BCUT2D eigenvalue weighted by Gasteiger charge is 2.16. The SMILES string of the molecule is O=C(CCc1nc2ccccc2s1)Nc1ccc2c(c1)NC(=O)CO2. The molecule has 1 aliphatic heterocycles. The molecule has 2 N–H and O–H groups in total. The lowest BCUT2D eigenvalue weighted by Crippen LogP contribution is -2.25. The van der Waals surface area contributed by atoms with Crippen LogP contribution in [0.15, 0.2) is 42.5 Å². The van der Waals surface area contributed by atoms with E-state index in [1.807, 2.05) is 24.3 Å². The fraction of sp³-hybridized carbons (Fsp3) is 0.167. The van der Waals surface area contributed by atoms with Gasteiger partial charge in [-0.15, -0.1) is 11.3 Å². The molecule has 2 aromatic carbocycles. The third-order valence-electron chi connectivity index (χ3n) is 3.80. The largest absolute Gasteiger partial charge is 0.482 e. The lowest BCUT2D eigenvalue weighted by molar-refractivity contribution is -0.118. The summed E-state index contributed by atoms with van der Waals surface area (Å²) >= 11 is 1.61. The fourth-order valence-corrected chi connectivity index (χ4v) is 3.60. The average Bonchev–Trinajstić information content (AvgIpc) is 3.02. The Morgan fingerprint density at radius 2 is 2.16 bits per heavy atom. The van der Waals surface area contributed by atoms with Crippen LogP contribution in [-0.2, 0) is 16.0 Å². The van der Waals surface area contributed by atoms with Gasteiger partial charge in [0.15, 0.2) is 6.61 Å². The van der Waals surface area contributed by atoms with Gasteiger partial charge in [0.25, 0.3) is 5.91 Å². The number of rotatable bonds is 4. The molecule has 6 nitrogen and oxygen atoms in total. The first-order valence-electron chi connectivity index (χ1n) is 7.88. The molecule has 0 aliphatic carbocycles. The standard InChI is InChI=1S/C18H15N3O3S/c22-16(7-8-18-21-12-3-1-2-4-15(12)25-18)19-11-5-6-14-13(9-11)20-17(23)10-24-14/h1-6,9H,7-8,10H2,(H,19,22)(H,20,23). The van der Waals surface area contributed by atoms with Gasteiger partial charge in [0.2, 0.25) is 5.91 Å². The first-order chi connectivity index (χ1) is 12.2. The van der Waals surface area contributed by atoms with E-state index in [-0.39, 0.29) is 18.4 Å². The van der Waals surface area contributed by atoms with Crippen molar-refractivity contribution in [2.24, 2.45) is 0 Å². The average molecular weight is 353 g/mol. The second-order valence-corrected chi connectivity index (χ2v) is 6.79. The number of ether oxygens (including phenoxy) is 1. The molecule has 2 heterocycles. The maximum Gasteiger partial charge on any atom is 0.262 e. The third-order valence-corrected chi connectivity index (χ3v) is 4.90. The minimum Gasteiger partial charge on any atom is -0.482 e. The van der Waals surface area contributed by atoms with E-state index >= 15 is 0 Å². The van der Waals surface area contributed by atoms with Crippen LogP contribution in [0.4, 0.5) is 11.4 Å². The first-order valence-corrected chi connectivity index (χ1v) is 8.70. The van der Waals surface area contributed by atoms with Crippen LogP contribution in [0.1, 0.15) is 11.4 Å². The number of nitrogens with zero attached hydrogens (tertiary/aromatic N) is 1. The van der Waals surface area contributed by atoms with E-state index in [1.165, 1.54) is 0 Å². The minimum atomic E-state index is -0.202. The highest BCUT2D eigenvalue weighted by Crippen LogP contribution is 2.30. The van der Waals surface area contributed by atoms with Gasteiger partial charge in [0.1, 0.15) is 5.75 Å². The van der Waals surface area contributed by atoms with E-state index in [0.717, 1.165) is 15.2 Å². The summed E-state index contributed by atoms with van der Waals surface area (Å²) in [4.78, 5) is 28.1. The van der Waals surface area contributed by atoms with Gasteiger partial charge in [-0.3, -0.25) is 9.59 Å². The second kappa shape index (κ2) is 6.52. The zero-order valence-electron chi connectivity index (χ0n) is 13.2. The molecule has 0 saturated carbocycles. The maximum atomic E-state index is 12.2. The summed E-state index contributed by atoms with van der Waals surface area (Å²) in [6.45, 7) is 0.0148. The van der Waals surface area contributed by atoms with Crippen LogP contribution in [0.5, 0.6) is 5.75 Å². The third kappa shape index (κ3) is 3.46. The number of carbonyl (C=O) groups is 2. The normalized spacial score (nSPS) is 13.0. The van der Waals surface area contributed by atoms with E-state index in [9.17, 15) is 9.59 Å². The number of thiazole rings is 1. The van der Waals surface area contributed by atoms with Crippen LogP contribution >= 0.6 is 11.3 Å². The van der Waals surface area contributed by atoms with Crippen molar-refractivity contribution in [1.82, 2.24) is 4.98 Å². The van der Waals surface area contributed by atoms with Gasteiger partial charge in [-0.05, 0) is 30.3 Å². The monoisotopic (exact) mass is 353 g/mol. The fourth-order valence-electron chi connectivity index (χ4n) is 2.63. The molecule has 3 aromatic rings. The quantitative estimate of drug-likeness (QED) is 0.755. The van der Waals surface area contributed by atoms with E-state index in [1.54, 1.807) is 29.5 Å². The van der Waals surface area contributed by atoms with E-state index < -0.39 is 0 Å². The summed E-state index contributed by atoms with van der Waals surface area (Å²) in [5.74, 6) is 0.307. The number of carbonyl (C=O) groups excluding carboxylic acids is 2. The number of hydrogen-bond donors (Lipinski definition) is 2. The smallest absolute Gasteiger partial charge is 0.262 e. The zero-order chi connectivity index (χ0) is 17.2. The zero-order valence-corrected chi connectivity index (χ0v) is 14.1. The molecular weight excluding hydrogens is 338 g/mol. The molecule has 0 bridgehead atoms. The molecule has 126 valence electrons. The maximum absolute atomic E-state index is 12.2. The Hall–Kier alpha value is -2.93. The van der Waals surface area contributed by atoms with E-state index in [2.05, 4.69) is 15.6 Å². The molecule has 0 atom stereocenters. The van der Waals surface area contributed by atoms with Crippen LogP contribution < -0.4 is 15.4 Å². The molecule has 0 saturated heterocycles. The number of amides is 2. The highest BCUT2D eigenvalue weighted by atomic mass is 32.1. The molecular formula is C18H15N3O3S. The summed E-state index contributed by atoms with van der Waals surface area (Å²) in [6, 6.07) is 13.1. The second-order valence-electron chi connectivity index (χ2n) is 5.67. The number of hydrogen-bond acceptors (Lipinski definition) is 5. The summed E-state index contributed by atoms with van der Waals surface area (Å²) in [7, 11) is 0. The molecule has 25 heavy (non-hydrogen) atoms. The number of nitrogens with one attached hydrogen (secondary N) is 2. The Balaban J connectivity index is 1.39. The van der Waals surface area contributed by atoms with Crippen molar-refractivity contribution < 1.29 is 14.3 Å². The van der Waals surface area contributed by atoms with Gasteiger partial charge in [-0.2, -0.15) is 0 Å². The van der Waals surface area contributed by atoms with Crippen LogP contribution in [0.25, 0.3) is 10.2 Å². The van der Waals surface area contributed by atoms with Crippen molar-refractivity contribution in [3.05, 3.63) is 47.5 Å². The van der Waals surface area contributed by atoms with Crippen molar-refractivity contribution in [2.75, 3.05) is 17.2 Å². The summed E-state index contributed by atoms with van der Waals surface area (Å²) in [6.07, 6.45) is 0.940. The van der Waals surface area contributed by atoms with Gasteiger partial charge in [0, 0.05) is 18.5 Å². The first kappa shape index (κ1) is 15.6. The van der Waals surface area contributed by atoms with Gasteiger partial charge in [-0.1, -0.05) is 12.1 Å². The Morgan fingerprint density at radius 3 is 3.04 bits per heavy atom. The summed E-state index contributed by atoms with van der Waals surface area (Å²) in [5.41, 5.74) is 2.16. The van der Waals surface area contributed by atoms with Crippen molar-refractivity contribution in [1.29, 1.82) is 0 Å². The molecule has 4 rings (SSSR count). The molecule has 2 amide bonds. The molecule has 0 spiro atoms. The highest BCUT2D eigenvalue weighted by molar-refractivity contribution is 7.18. The molecule has 7 heteroatoms. The predicted octanol–water partition coefficient (Wildman–Crippen LogP) is 3.20. The van der Waals surface area contributed by atoms with Crippen LogP contribution in [0, 0.1) is 0 Å². The predicted molar refractivity (Wildman–Crippen MR) is 97.1 cm³/mol. The lowest BCUT2D eigenvalue weighted by atomic mass is 10.2. The molecule has 0 fully saturated rings. The van der Waals surface area contributed by atoms with Crippen molar-refractivity contribution in [3.63, 3.8) is 0 Å². The number of aryl methyl sites for hydroxylation is 1. The van der Waals surface area contributed by atoms with Crippen LogP contribution in [-0.4, -0.2) is 23.4 Å².